The Balaban J connectivity index is 1.93. The van der Waals surface area contributed by atoms with Gasteiger partial charge in [-0.1, -0.05) is 0 Å². The van der Waals surface area contributed by atoms with Gasteiger partial charge >= 0.3 is 6.09 Å². The van der Waals surface area contributed by atoms with Gasteiger partial charge in [0, 0.05) is 31.4 Å². The first-order chi connectivity index (χ1) is 9.83. The Hall–Kier alpha value is -1.85. The normalized spacial score (nSPS) is 19.2. The molecule has 1 aromatic rings. The smallest absolute Gasteiger partial charge is 0.407 e. The monoisotopic (exact) mass is 295 g/mol. The quantitative estimate of drug-likeness (QED) is 0.911. The lowest BCUT2D eigenvalue weighted by molar-refractivity contribution is 0.0500. The summed E-state index contributed by atoms with van der Waals surface area (Å²) in [5.74, 6) is 0.299. The number of halogens is 1. The number of pyridine rings is 1. The van der Waals surface area contributed by atoms with Gasteiger partial charge in [0.1, 0.15) is 17.2 Å². The number of rotatable bonds is 2. The lowest BCUT2D eigenvalue weighted by Crippen LogP contribution is -2.49. The summed E-state index contributed by atoms with van der Waals surface area (Å²) in [6.07, 6.45) is 2.83. The number of anilines is 1. The third-order valence-electron chi connectivity index (χ3n) is 3.17. The van der Waals surface area contributed by atoms with Crippen LogP contribution in [0.25, 0.3) is 0 Å². The fourth-order valence-corrected chi connectivity index (χ4v) is 2.34. The summed E-state index contributed by atoms with van der Waals surface area (Å²) in [5, 5.41) is 2.87. The largest absolute Gasteiger partial charge is 0.444 e. The maximum atomic E-state index is 13.3. The standard InChI is InChI=1S/C15H22FN3O2/c1-15(2,3)21-14(20)18-12-5-4-8-19(10-12)13-9-11(16)6-7-17-13/h6-7,9,12H,4-5,8,10H2,1-3H3,(H,18,20). The van der Waals surface area contributed by atoms with Gasteiger partial charge in [-0.15, -0.1) is 0 Å². The first-order valence-corrected chi connectivity index (χ1v) is 7.19. The molecule has 1 amide bonds. The highest BCUT2D eigenvalue weighted by Crippen LogP contribution is 2.18. The second-order valence-electron chi connectivity index (χ2n) is 6.26. The number of amides is 1. The van der Waals surface area contributed by atoms with Crippen molar-refractivity contribution in [2.24, 2.45) is 0 Å². The van der Waals surface area contributed by atoms with Gasteiger partial charge in [-0.25, -0.2) is 14.2 Å². The summed E-state index contributed by atoms with van der Waals surface area (Å²) in [5.41, 5.74) is -0.511. The molecule has 116 valence electrons. The number of carbonyl (C=O) groups is 1. The Morgan fingerprint density at radius 3 is 2.95 bits per heavy atom. The molecular weight excluding hydrogens is 273 g/mol. The molecule has 0 aliphatic carbocycles. The average molecular weight is 295 g/mol. The van der Waals surface area contributed by atoms with E-state index in [1.54, 1.807) is 0 Å². The van der Waals surface area contributed by atoms with Crippen molar-refractivity contribution in [3.8, 4) is 0 Å². The van der Waals surface area contributed by atoms with Crippen molar-refractivity contribution < 1.29 is 13.9 Å². The van der Waals surface area contributed by atoms with Crippen LogP contribution >= 0.6 is 0 Å². The molecule has 0 saturated carbocycles. The van der Waals surface area contributed by atoms with Gasteiger partial charge in [0.15, 0.2) is 0 Å². The molecule has 1 N–H and O–H groups in total. The van der Waals surface area contributed by atoms with E-state index in [0.717, 1.165) is 19.4 Å². The van der Waals surface area contributed by atoms with E-state index in [2.05, 4.69) is 10.3 Å². The molecular formula is C15H22FN3O2. The minimum Gasteiger partial charge on any atom is -0.444 e. The predicted molar refractivity (Wildman–Crippen MR) is 78.8 cm³/mol. The van der Waals surface area contributed by atoms with Crippen LogP contribution in [0.2, 0.25) is 0 Å². The molecule has 1 aliphatic rings. The van der Waals surface area contributed by atoms with Gasteiger partial charge in [0.05, 0.1) is 0 Å². The summed E-state index contributed by atoms with van der Waals surface area (Å²) in [6.45, 7) is 6.90. The number of aromatic nitrogens is 1. The summed E-state index contributed by atoms with van der Waals surface area (Å²) >= 11 is 0. The van der Waals surface area contributed by atoms with Crippen molar-refractivity contribution >= 4 is 11.9 Å². The van der Waals surface area contributed by atoms with E-state index in [0.29, 0.717) is 12.4 Å². The third kappa shape index (κ3) is 4.88. The fourth-order valence-electron chi connectivity index (χ4n) is 2.34. The van der Waals surface area contributed by atoms with E-state index in [-0.39, 0.29) is 11.9 Å². The van der Waals surface area contributed by atoms with Gasteiger partial charge in [-0.2, -0.15) is 0 Å². The number of carbonyl (C=O) groups excluding carboxylic acids is 1. The molecule has 1 aromatic heterocycles. The van der Waals surface area contributed by atoms with E-state index in [1.807, 2.05) is 25.7 Å². The Bertz CT molecular complexity index is 502. The number of alkyl carbamates (subject to hydrolysis) is 1. The van der Waals surface area contributed by atoms with Crippen LogP contribution in [0.15, 0.2) is 18.3 Å². The fraction of sp³-hybridized carbons (Fsp3) is 0.600. The van der Waals surface area contributed by atoms with Crippen LogP contribution in [-0.2, 0) is 4.74 Å². The molecule has 1 atom stereocenters. The van der Waals surface area contributed by atoms with Gasteiger partial charge in [-0.3, -0.25) is 0 Å². The van der Waals surface area contributed by atoms with Gasteiger partial charge in [0.2, 0.25) is 0 Å². The van der Waals surface area contributed by atoms with E-state index in [9.17, 15) is 9.18 Å². The van der Waals surface area contributed by atoms with Gasteiger partial charge in [0.25, 0.3) is 0 Å². The van der Waals surface area contributed by atoms with Crippen LogP contribution < -0.4 is 10.2 Å². The summed E-state index contributed by atoms with van der Waals surface area (Å²) in [7, 11) is 0. The maximum Gasteiger partial charge on any atom is 0.407 e. The number of hydrogen-bond acceptors (Lipinski definition) is 4. The molecule has 2 heterocycles. The van der Waals surface area contributed by atoms with E-state index in [1.165, 1.54) is 18.3 Å². The molecule has 2 rings (SSSR count). The summed E-state index contributed by atoms with van der Waals surface area (Å²) in [6, 6.07) is 2.72. The van der Waals surface area contributed by atoms with Crippen LogP contribution in [0.4, 0.5) is 15.0 Å². The van der Waals surface area contributed by atoms with Crippen LogP contribution in [0.1, 0.15) is 33.6 Å². The molecule has 6 heteroatoms. The Morgan fingerprint density at radius 1 is 1.52 bits per heavy atom. The number of ether oxygens (including phenoxy) is 1. The first kappa shape index (κ1) is 15.5. The van der Waals surface area contributed by atoms with Gasteiger partial charge < -0.3 is 15.0 Å². The Morgan fingerprint density at radius 2 is 2.29 bits per heavy atom. The first-order valence-electron chi connectivity index (χ1n) is 7.19. The van der Waals surface area contributed by atoms with Crippen LogP contribution in [0, 0.1) is 5.82 Å². The molecule has 21 heavy (non-hydrogen) atoms. The van der Waals surface area contributed by atoms with Gasteiger partial charge in [-0.05, 0) is 39.7 Å². The summed E-state index contributed by atoms with van der Waals surface area (Å²) in [4.78, 5) is 18.0. The van der Waals surface area contributed by atoms with Crippen molar-refractivity contribution in [3.63, 3.8) is 0 Å². The van der Waals surface area contributed by atoms with Crippen LogP contribution in [0.5, 0.6) is 0 Å². The second kappa shape index (κ2) is 6.28. The highest BCUT2D eigenvalue weighted by molar-refractivity contribution is 5.68. The molecule has 1 saturated heterocycles. The molecule has 0 spiro atoms. The second-order valence-corrected chi connectivity index (χ2v) is 6.26. The third-order valence-corrected chi connectivity index (χ3v) is 3.17. The molecule has 5 nitrogen and oxygen atoms in total. The summed E-state index contributed by atoms with van der Waals surface area (Å²) < 4.78 is 18.5. The molecule has 0 radical (unpaired) electrons. The predicted octanol–water partition coefficient (Wildman–Crippen LogP) is 2.71. The minimum absolute atomic E-state index is 0.0151. The van der Waals surface area contributed by atoms with E-state index >= 15 is 0 Å². The highest BCUT2D eigenvalue weighted by Gasteiger charge is 2.24. The lowest BCUT2D eigenvalue weighted by Gasteiger charge is -2.34. The molecule has 1 aliphatic heterocycles. The molecule has 1 fully saturated rings. The number of nitrogens with zero attached hydrogens (tertiary/aromatic N) is 2. The van der Waals surface area contributed by atoms with Crippen LogP contribution in [0.3, 0.4) is 0 Å². The number of nitrogens with one attached hydrogen (secondary N) is 1. The average Bonchev–Trinajstić information content (AvgIpc) is 2.36. The van der Waals surface area contributed by atoms with Crippen molar-refractivity contribution in [1.29, 1.82) is 0 Å². The zero-order valence-electron chi connectivity index (χ0n) is 12.7. The highest BCUT2D eigenvalue weighted by atomic mass is 19.1. The van der Waals surface area contributed by atoms with E-state index in [4.69, 9.17) is 4.74 Å². The van der Waals surface area contributed by atoms with Crippen molar-refractivity contribution in [2.45, 2.75) is 45.3 Å². The van der Waals surface area contributed by atoms with Crippen molar-refractivity contribution in [2.75, 3.05) is 18.0 Å². The molecule has 1 unspecified atom stereocenters. The SMILES string of the molecule is CC(C)(C)OC(=O)NC1CCCN(c2cc(F)ccn2)C1. The molecule has 0 aromatic carbocycles. The number of hydrogen-bond donors (Lipinski definition) is 1. The number of piperidine rings is 1. The zero-order chi connectivity index (χ0) is 15.5. The Kier molecular flexibility index (Phi) is 4.65. The zero-order valence-corrected chi connectivity index (χ0v) is 12.7. The lowest BCUT2D eigenvalue weighted by atomic mass is 10.1. The maximum absolute atomic E-state index is 13.3. The topological polar surface area (TPSA) is 54.5 Å². The van der Waals surface area contributed by atoms with Crippen LogP contribution in [-0.4, -0.2) is 35.8 Å². The minimum atomic E-state index is -0.511. The van der Waals surface area contributed by atoms with Crippen molar-refractivity contribution in [1.82, 2.24) is 10.3 Å². The van der Waals surface area contributed by atoms with E-state index < -0.39 is 11.7 Å². The molecule has 0 bridgehead atoms. The van der Waals surface area contributed by atoms with Crippen molar-refractivity contribution in [3.05, 3.63) is 24.1 Å². The Labute approximate surface area is 124 Å².